The van der Waals surface area contributed by atoms with E-state index >= 15 is 0 Å². The first kappa shape index (κ1) is 19.4. The molecule has 0 heterocycles. The number of primary amides is 1. The third kappa shape index (κ3) is 5.20. The molecule has 0 saturated heterocycles. The summed E-state index contributed by atoms with van der Waals surface area (Å²) < 4.78 is 35.1. The van der Waals surface area contributed by atoms with Crippen LogP contribution in [0.5, 0.6) is 11.5 Å². The molecule has 0 atom stereocenters. The van der Waals surface area contributed by atoms with Gasteiger partial charge in [0.1, 0.15) is 0 Å². The Hall–Kier alpha value is -2.67. The van der Waals surface area contributed by atoms with E-state index in [1.54, 1.807) is 0 Å². The summed E-state index contributed by atoms with van der Waals surface area (Å²) in [5, 5.41) is -0.684. The maximum Gasteiger partial charge on any atom is 0.252 e. The molecule has 2 aromatic carbocycles. The zero-order valence-electron chi connectivity index (χ0n) is 12.8. The Morgan fingerprint density at radius 1 is 0.917 bits per heavy atom. The van der Waals surface area contributed by atoms with Gasteiger partial charge in [0.05, 0.1) is 14.2 Å². The Labute approximate surface area is 141 Å². The van der Waals surface area contributed by atoms with E-state index in [4.69, 9.17) is 17.3 Å². The highest BCUT2D eigenvalue weighted by molar-refractivity contribution is 6.67. The number of rotatable bonds is 4. The normalized spacial score (nSPS) is 9.54. The van der Waals surface area contributed by atoms with Gasteiger partial charge in [0.15, 0.2) is 23.1 Å². The third-order valence-electron chi connectivity index (χ3n) is 2.82. The molecule has 2 N–H and O–H groups in total. The van der Waals surface area contributed by atoms with Gasteiger partial charge in [-0.05, 0) is 48.0 Å². The lowest BCUT2D eigenvalue weighted by Crippen LogP contribution is -2.11. The highest BCUT2D eigenvalue weighted by Gasteiger charge is 2.07. The Kier molecular flexibility index (Phi) is 7.13. The standard InChI is InChI=1S/C8H6ClFO2.C8H8FNO2/c1-12-7-3-2-5(8(9)11)4-6(7)10;1-12-7-3-2-5(8(10)11)4-6(7)9/h2-4H,1H3;2-4H,1H3,(H2,10,11). The molecular weight excluding hydrogens is 344 g/mol. The lowest BCUT2D eigenvalue weighted by atomic mass is 10.2. The molecule has 0 spiro atoms. The van der Waals surface area contributed by atoms with Gasteiger partial charge in [0.2, 0.25) is 5.91 Å². The first-order chi connectivity index (χ1) is 11.3. The summed E-state index contributed by atoms with van der Waals surface area (Å²) in [5.74, 6) is -1.65. The first-order valence-electron chi connectivity index (χ1n) is 6.46. The van der Waals surface area contributed by atoms with Gasteiger partial charge in [-0.1, -0.05) is 0 Å². The predicted octanol–water partition coefficient (Wildman–Crippen LogP) is 3.15. The van der Waals surface area contributed by atoms with E-state index in [1.165, 1.54) is 38.5 Å². The van der Waals surface area contributed by atoms with Gasteiger partial charge in [-0.15, -0.1) is 0 Å². The summed E-state index contributed by atoms with van der Waals surface area (Å²) in [6.07, 6.45) is 0. The fourth-order valence-corrected chi connectivity index (χ4v) is 1.73. The molecule has 24 heavy (non-hydrogen) atoms. The summed E-state index contributed by atoms with van der Waals surface area (Å²) in [6, 6.07) is 7.59. The molecule has 0 radical (unpaired) electrons. The maximum atomic E-state index is 12.9. The van der Waals surface area contributed by atoms with E-state index in [1.807, 2.05) is 0 Å². The van der Waals surface area contributed by atoms with Crippen LogP contribution in [0.2, 0.25) is 0 Å². The van der Waals surface area contributed by atoms with Crippen LogP contribution in [0.4, 0.5) is 8.78 Å². The zero-order chi connectivity index (χ0) is 18.3. The van der Waals surface area contributed by atoms with Crippen molar-refractivity contribution in [2.24, 2.45) is 5.73 Å². The molecule has 0 bridgehead atoms. The number of methoxy groups -OCH3 is 2. The van der Waals surface area contributed by atoms with Gasteiger partial charge in [0.25, 0.3) is 5.24 Å². The van der Waals surface area contributed by atoms with E-state index in [0.29, 0.717) is 0 Å². The van der Waals surface area contributed by atoms with Crippen LogP contribution in [-0.4, -0.2) is 25.4 Å². The minimum Gasteiger partial charge on any atom is -0.494 e. The van der Waals surface area contributed by atoms with Crippen LogP contribution in [0, 0.1) is 11.6 Å². The number of carbonyl (C=O) groups is 2. The second-order valence-electron chi connectivity index (χ2n) is 4.34. The second-order valence-corrected chi connectivity index (χ2v) is 4.68. The largest absolute Gasteiger partial charge is 0.494 e. The maximum absolute atomic E-state index is 12.9. The molecule has 2 aromatic rings. The molecular formula is C16H14ClF2NO4. The van der Waals surface area contributed by atoms with Crippen molar-refractivity contribution in [3.8, 4) is 11.5 Å². The van der Waals surface area contributed by atoms with Crippen LogP contribution in [0.1, 0.15) is 20.7 Å². The lowest BCUT2D eigenvalue weighted by molar-refractivity contribution is 0.0999. The van der Waals surface area contributed by atoms with Gasteiger partial charge < -0.3 is 15.2 Å². The topological polar surface area (TPSA) is 78.6 Å². The average Bonchev–Trinajstić information content (AvgIpc) is 2.55. The van der Waals surface area contributed by atoms with Crippen molar-refractivity contribution >= 4 is 22.8 Å². The van der Waals surface area contributed by atoms with Gasteiger partial charge >= 0.3 is 0 Å². The highest BCUT2D eigenvalue weighted by atomic mass is 35.5. The summed E-state index contributed by atoms with van der Waals surface area (Å²) in [4.78, 5) is 21.1. The summed E-state index contributed by atoms with van der Waals surface area (Å²) in [6.45, 7) is 0. The van der Waals surface area contributed by atoms with Crippen molar-refractivity contribution < 1.29 is 27.8 Å². The monoisotopic (exact) mass is 357 g/mol. The summed E-state index contributed by atoms with van der Waals surface area (Å²) in [7, 11) is 2.70. The molecule has 0 aliphatic heterocycles. The van der Waals surface area contributed by atoms with Crippen LogP contribution in [0.25, 0.3) is 0 Å². The van der Waals surface area contributed by atoms with Crippen LogP contribution in [0.15, 0.2) is 36.4 Å². The first-order valence-corrected chi connectivity index (χ1v) is 6.84. The number of ether oxygens (including phenoxy) is 2. The second kappa shape index (κ2) is 8.83. The highest BCUT2D eigenvalue weighted by Crippen LogP contribution is 2.18. The SMILES string of the molecule is COc1ccc(C(=O)Cl)cc1F.COc1ccc(C(N)=O)cc1F. The van der Waals surface area contributed by atoms with Crippen LogP contribution >= 0.6 is 11.6 Å². The number of carbonyl (C=O) groups excluding carboxylic acids is 2. The third-order valence-corrected chi connectivity index (χ3v) is 3.03. The Morgan fingerprint density at radius 3 is 1.67 bits per heavy atom. The number of benzene rings is 2. The molecule has 0 aliphatic rings. The number of amides is 1. The van der Waals surface area contributed by atoms with Gasteiger partial charge in [-0.3, -0.25) is 9.59 Å². The Balaban J connectivity index is 0.000000240. The van der Waals surface area contributed by atoms with Gasteiger partial charge in [0, 0.05) is 11.1 Å². The van der Waals surface area contributed by atoms with E-state index in [-0.39, 0.29) is 22.6 Å². The van der Waals surface area contributed by atoms with E-state index < -0.39 is 22.8 Å². The molecule has 0 fully saturated rings. The van der Waals surface area contributed by atoms with Crippen LogP contribution in [0.3, 0.4) is 0 Å². The predicted molar refractivity (Wildman–Crippen MR) is 84.6 cm³/mol. The molecule has 2 rings (SSSR count). The number of hydrogen-bond donors (Lipinski definition) is 1. The molecule has 128 valence electrons. The smallest absolute Gasteiger partial charge is 0.252 e. The van der Waals surface area contributed by atoms with Crippen molar-refractivity contribution in [1.82, 2.24) is 0 Å². The van der Waals surface area contributed by atoms with E-state index in [2.05, 4.69) is 9.47 Å². The molecule has 0 unspecified atom stereocenters. The summed E-state index contributed by atoms with van der Waals surface area (Å²) in [5.41, 5.74) is 5.18. The molecule has 5 nitrogen and oxygen atoms in total. The Morgan fingerprint density at radius 2 is 1.33 bits per heavy atom. The van der Waals surface area contributed by atoms with Crippen molar-refractivity contribution in [1.29, 1.82) is 0 Å². The van der Waals surface area contributed by atoms with Crippen molar-refractivity contribution in [3.63, 3.8) is 0 Å². The fraction of sp³-hybridized carbons (Fsp3) is 0.125. The van der Waals surface area contributed by atoms with Crippen molar-refractivity contribution in [2.45, 2.75) is 0 Å². The fourth-order valence-electron chi connectivity index (χ4n) is 1.61. The minimum absolute atomic E-state index is 0.0941. The van der Waals surface area contributed by atoms with Crippen molar-refractivity contribution in [2.75, 3.05) is 14.2 Å². The minimum atomic E-state index is -0.684. The number of halogens is 3. The molecule has 1 amide bonds. The van der Waals surface area contributed by atoms with E-state index in [9.17, 15) is 18.4 Å². The van der Waals surface area contributed by atoms with Crippen LogP contribution in [-0.2, 0) is 0 Å². The average molecular weight is 358 g/mol. The lowest BCUT2D eigenvalue weighted by Gasteiger charge is -2.01. The summed E-state index contributed by atoms with van der Waals surface area (Å²) >= 11 is 5.12. The van der Waals surface area contributed by atoms with Gasteiger partial charge in [-0.2, -0.15) is 0 Å². The Bertz CT molecular complexity index is 689. The van der Waals surface area contributed by atoms with Crippen molar-refractivity contribution in [3.05, 3.63) is 59.2 Å². The van der Waals surface area contributed by atoms with Gasteiger partial charge in [-0.25, -0.2) is 8.78 Å². The molecule has 0 saturated carbocycles. The quantitative estimate of drug-likeness (QED) is 0.852. The number of hydrogen-bond acceptors (Lipinski definition) is 4. The molecule has 0 aromatic heterocycles. The number of nitrogens with two attached hydrogens (primary N) is 1. The molecule has 8 heteroatoms. The van der Waals surface area contributed by atoms with Crippen LogP contribution < -0.4 is 15.2 Å². The van der Waals surface area contributed by atoms with E-state index in [0.717, 1.165) is 12.1 Å². The zero-order valence-corrected chi connectivity index (χ0v) is 13.6. The molecule has 0 aliphatic carbocycles.